The van der Waals surface area contributed by atoms with Gasteiger partial charge in [-0.25, -0.2) is 16.8 Å². The van der Waals surface area contributed by atoms with Crippen molar-refractivity contribution in [3.8, 4) is 0 Å². The van der Waals surface area contributed by atoms with Gasteiger partial charge in [0.15, 0.2) is 0 Å². The second-order valence-electron chi connectivity index (χ2n) is 8.56. The van der Waals surface area contributed by atoms with Gasteiger partial charge in [0.25, 0.3) is 0 Å². The molecule has 2 aliphatic heterocycles. The van der Waals surface area contributed by atoms with Gasteiger partial charge in [-0.05, 0) is 44.0 Å². The first-order valence-electron chi connectivity index (χ1n) is 11.1. The van der Waals surface area contributed by atoms with Crippen LogP contribution in [0.2, 0.25) is 0 Å². The first-order chi connectivity index (χ1) is 15.7. The van der Waals surface area contributed by atoms with Gasteiger partial charge in [0, 0.05) is 39.3 Å². The summed E-state index contributed by atoms with van der Waals surface area (Å²) in [6.07, 6.45) is 1.24. The van der Waals surface area contributed by atoms with Crippen LogP contribution in [0.4, 0.5) is 0 Å². The third-order valence-corrected chi connectivity index (χ3v) is 10.1. The third-order valence-electron chi connectivity index (χ3n) is 6.32. The van der Waals surface area contributed by atoms with E-state index in [2.05, 4.69) is 0 Å². The van der Waals surface area contributed by atoms with Gasteiger partial charge in [0.05, 0.1) is 15.7 Å². The molecular weight excluding hydrogens is 462 g/mol. The molecule has 0 N–H and O–H groups in total. The normalized spacial score (nSPS) is 21.1. The molecule has 2 aliphatic rings. The summed E-state index contributed by atoms with van der Waals surface area (Å²) in [6.45, 7) is 3.48. The lowest BCUT2D eigenvalue weighted by Gasteiger charge is -2.38. The quantitative estimate of drug-likeness (QED) is 0.637. The fourth-order valence-corrected chi connectivity index (χ4v) is 7.34. The van der Waals surface area contributed by atoms with Gasteiger partial charge in [0.1, 0.15) is 0 Å². The van der Waals surface area contributed by atoms with Crippen LogP contribution in [0.3, 0.4) is 0 Å². The number of piperazine rings is 1. The lowest BCUT2D eigenvalue weighted by molar-refractivity contribution is -0.137. The van der Waals surface area contributed by atoms with Crippen molar-refractivity contribution in [3.05, 3.63) is 60.2 Å². The Balaban J connectivity index is 1.39. The minimum atomic E-state index is -3.66. The fraction of sp³-hybridized carbons (Fsp3) is 0.435. The molecule has 0 spiro atoms. The molecule has 4 rings (SSSR count). The molecule has 0 bridgehead atoms. The molecule has 0 aromatic heterocycles. The van der Waals surface area contributed by atoms with Crippen molar-refractivity contribution in [2.45, 2.75) is 29.6 Å². The lowest BCUT2D eigenvalue weighted by atomic mass is 9.98. The van der Waals surface area contributed by atoms with Gasteiger partial charge in [0.2, 0.25) is 26.0 Å². The highest BCUT2D eigenvalue weighted by molar-refractivity contribution is 7.89. The number of hydrogen-bond donors (Lipinski definition) is 0. The maximum absolute atomic E-state index is 13.2. The molecule has 2 heterocycles. The highest BCUT2D eigenvalue weighted by atomic mass is 32.2. The average Bonchev–Trinajstić information content (AvgIpc) is 2.84. The van der Waals surface area contributed by atoms with Crippen molar-refractivity contribution >= 4 is 26.0 Å². The zero-order valence-electron chi connectivity index (χ0n) is 18.6. The predicted molar refractivity (Wildman–Crippen MR) is 124 cm³/mol. The van der Waals surface area contributed by atoms with Crippen LogP contribution < -0.4 is 0 Å². The SMILES string of the molecule is Cc1ccc(S(=O)(=O)N2CCC[C@H](C(=O)N3CCN(S(=O)(=O)c4ccccc4)CC3)C2)cc1. The Morgan fingerprint density at radius 2 is 1.33 bits per heavy atom. The summed E-state index contributed by atoms with van der Waals surface area (Å²) in [5, 5.41) is 0. The van der Waals surface area contributed by atoms with Crippen LogP contribution in [0, 0.1) is 12.8 Å². The first-order valence-corrected chi connectivity index (χ1v) is 14.0. The maximum Gasteiger partial charge on any atom is 0.243 e. The maximum atomic E-state index is 13.2. The van der Waals surface area contributed by atoms with E-state index in [1.807, 2.05) is 6.92 Å². The zero-order chi connectivity index (χ0) is 23.6. The molecule has 2 aromatic carbocycles. The number of rotatable bonds is 5. The van der Waals surface area contributed by atoms with Gasteiger partial charge in [-0.15, -0.1) is 0 Å². The van der Waals surface area contributed by atoms with Gasteiger partial charge < -0.3 is 4.90 Å². The van der Waals surface area contributed by atoms with E-state index in [0.29, 0.717) is 32.5 Å². The molecule has 2 saturated heterocycles. The molecule has 0 saturated carbocycles. The van der Waals surface area contributed by atoms with Crippen LogP contribution in [0.25, 0.3) is 0 Å². The summed E-state index contributed by atoms with van der Waals surface area (Å²) < 4.78 is 54.6. The molecule has 2 fully saturated rings. The van der Waals surface area contributed by atoms with E-state index >= 15 is 0 Å². The number of carbonyl (C=O) groups is 1. The van der Waals surface area contributed by atoms with Gasteiger partial charge in [-0.1, -0.05) is 35.9 Å². The molecule has 8 nitrogen and oxygen atoms in total. The number of carbonyl (C=O) groups excluding carboxylic acids is 1. The molecule has 0 aliphatic carbocycles. The van der Waals surface area contributed by atoms with E-state index in [9.17, 15) is 21.6 Å². The lowest BCUT2D eigenvalue weighted by Crippen LogP contribution is -2.54. The number of aryl methyl sites for hydroxylation is 1. The molecule has 10 heteroatoms. The van der Waals surface area contributed by atoms with Crippen LogP contribution in [0.5, 0.6) is 0 Å². The van der Waals surface area contributed by atoms with E-state index in [0.717, 1.165) is 5.56 Å². The number of benzene rings is 2. The smallest absolute Gasteiger partial charge is 0.243 e. The van der Waals surface area contributed by atoms with Gasteiger partial charge in [-0.2, -0.15) is 8.61 Å². The minimum absolute atomic E-state index is 0.101. The second-order valence-corrected chi connectivity index (χ2v) is 12.4. The van der Waals surface area contributed by atoms with Crippen molar-refractivity contribution in [2.75, 3.05) is 39.3 Å². The summed E-state index contributed by atoms with van der Waals surface area (Å²) >= 11 is 0. The summed E-state index contributed by atoms with van der Waals surface area (Å²) in [5.74, 6) is -0.521. The molecule has 0 unspecified atom stereocenters. The standard InChI is InChI=1S/C23H29N3O5S2/c1-19-9-11-22(12-10-19)33(30,31)26-13-5-6-20(18-26)23(27)24-14-16-25(17-15-24)32(28,29)21-7-3-2-4-8-21/h2-4,7-12,20H,5-6,13-18H2,1H3/t20-/m0/s1. The summed E-state index contributed by atoms with van der Waals surface area (Å²) in [7, 11) is -7.25. The van der Waals surface area contributed by atoms with Crippen molar-refractivity contribution in [2.24, 2.45) is 5.92 Å². The topological polar surface area (TPSA) is 95.1 Å². The molecule has 0 radical (unpaired) electrons. The van der Waals surface area contributed by atoms with Gasteiger partial charge in [-0.3, -0.25) is 4.79 Å². The Kier molecular flexibility index (Phi) is 6.90. The van der Waals surface area contributed by atoms with E-state index < -0.39 is 26.0 Å². The van der Waals surface area contributed by atoms with Crippen molar-refractivity contribution in [1.82, 2.24) is 13.5 Å². The number of nitrogens with zero attached hydrogens (tertiary/aromatic N) is 3. The van der Waals surface area contributed by atoms with Crippen LogP contribution in [0.15, 0.2) is 64.4 Å². The van der Waals surface area contributed by atoms with E-state index in [4.69, 9.17) is 0 Å². The Labute approximate surface area is 195 Å². The highest BCUT2D eigenvalue weighted by Gasteiger charge is 2.37. The van der Waals surface area contributed by atoms with Gasteiger partial charge >= 0.3 is 0 Å². The summed E-state index contributed by atoms with van der Waals surface area (Å²) in [4.78, 5) is 15.3. The van der Waals surface area contributed by atoms with Crippen LogP contribution in [0.1, 0.15) is 18.4 Å². The molecule has 178 valence electrons. The summed E-state index contributed by atoms with van der Waals surface area (Å²) in [6, 6.07) is 15.0. The molecule has 1 atom stereocenters. The van der Waals surface area contributed by atoms with Crippen molar-refractivity contribution in [3.63, 3.8) is 0 Å². The Bertz CT molecular complexity index is 1190. The summed E-state index contributed by atoms with van der Waals surface area (Å²) in [5.41, 5.74) is 0.981. The second kappa shape index (κ2) is 9.54. The number of sulfonamides is 2. The zero-order valence-corrected chi connectivity index (χ0v) is 20.3. The fourth-order valence-electron chi connectivity index (χ4n) is 4.37. The highest BCUT2D eigenvalue weighted by Crippen LogP contribution is 2.26. The number of hydrogen-bond acceptors (Lipinski definition) is 5. The number of piperidine rings is 1. The van der Waals surface area contributed by atoms with Crippen molar-refractivity contribution in [1.29, 1.82) is 0 Å². The molecule has 33 heavy (non-hydrogen) atoms. The average molecular weight is 492 g/mol. The van der Waals surface area contributed by atoms with E-state index in [1.165, 1.54) is 8.61 Å². The van der Waals surface area contributed by atoms with Crippen LogP contribution in [-0.2, 0) is 24.8 Å². The van der Waals surface area contributed by atoms with E-state index in [1.54, 1.807) is 59.5 Å². The van der Waals surface area contributed by atoms with Crippen molar-refractivity contribution < 1.29 is 21.6 Å². The minimum Gasteiger partial charge on any atom is -0.340 e. The largest absolute Gasteiger partial charge is 0.340 e. The first kappa shape index (κ1) is 23.9. The Hall–Kier alpha value is -2.27. The monoisotopic (exact) mass is 491 g/mol. The Morgan fingerprint density at radius 1 is 0.758 bits per heavy atom. The van der Waals surface area contributed by atoms with E-state index in [-0.39, 0.29) is 35.3 Å². The Morgan fingerprint density at radius 3 is 1.97 bits per heavy atom. The molecule has 2 aromatic rings. The molecule has 1 amide bonds. The number of amides is 1. The van der Waals surface area contributed by atoms with Crippen LogP contribution >= 0.6 is 0 Å². The molecular formula is C23H29N3O5S2. The predicted octanol–water partition coefficient (Wildman–Crippen LogP) is 1.93. The third kappa shape index (κ3) is 4.98. The van der Waals surface area contributed by atoms with Crippen LogP contribution in [-0.4, -0.2) is 75.5 Å².